The summed E-state index contributed by atoms with van der Waals surface area (Å²) in [6.45, 7) is 1.45. The first kappa shape index (κ1) is 14.6. The number of carbonyl (C=O) groups is 2. The van der Waals surface area contributed by atoms with Gasteiger partial charge in [0.25, 0.3) is 0 Å². The molecule has 1 atom stereocenters. The topological polar surface area (TPSA) is 63.6 Å². The van der Waals surface area contributed by atoms with Gasteiger partial charge in [0.15, 0.2) is 11.6 Å². The highest BCUT2D eigenvalue weighted by atomic mass is 79.9. The van der Waals surface area contributed by atoms with Crippen LogP contribution in [0.4, 0.5) is 4.39 Å². The van der Waals surface area contributed by atoms with E-state index in [-0.39, 0.29) is 22.2 Å². The molecule has 0 saturated heterocycles. The lowest BCUT2D eigenvalue weighted by Gasteiger charge is -2.11. The number of carboxylic acids is 1. The molecular formula is C12H12BrFO4. The summed E-state index contributed by atoms with van der Waals surface area (Å²) >= 11 is 2.99. The molecule has 1 unspecified atom stereocenters. The molecule has 0 aromatic heterocycles. The molecule has 6 heteroatoms. The third-order valence-electron chi connectivity index (χ3n) is 2.46. The maximum absolute atomic E-state index is 13.9. The van der Waals surface area contributed by atoms with Gasteiger partial charge < -0.3 is 9.84 Å². The number of halogens is 2. The minimum absolute atomic E-state index is 0.0541. The Hall–Kier alpha value is -1.43. The summed E-state index contributed by atoms with van der Waals surface area (Å²) in [6.07, 6.45) is -0.331. The van der Waals surface area contributed by atoms with Crippen molar-refractivity contribution in [3.8, 4) is 5.75 Å². The minimum atomic E-state index is -1.09. The fourth-order valence-corrected chi connectivity index (χ4v) is 2.01. The summed E-state index contributed by atoms with van der Waals surface area (Å²) in [6, 6.07) is 2.74. The van der Waals surface area contributed by atoms with Crippen LogP contribution in [0, 0.1) is 11.7 Å². The Morgan fingerprint density at radius 1 is 1.50 bits per heavy atom. The van der Waals surface area contributed by atoms with Gasteiger partial charge in [0, 0.05) is 5.92 Å². The molecule has 1 aromatic rings. The Morgan fingerprint density at radius 2 is 2.11 bits per heavy atom. The molecule has 4 nitrogen and oxygen atoms in total. The Kier molecular flexibility index (Phi) is 4.84. The van der Waals surface area contributed by atoms with Crippen LogP contribution >= 0.6 is 15.9 Å². The van der Waals surface area contributed by atoms with E-state index in [0.29, 0.717) is 0 Å². The van der Waals surface area contributed by atoms with E-state index in [2.05, 4.69) is 15.9 Å². The lowest BCUT2D eigenvalue weighted by Crippen LogP contribution is -2.17. The molecule has 0 aliphatic carbocycles. The molecule has 0 heterocycles. The fraction of sp³-hybridized carbons (Fsp3) is 0.333. The summed E-state index contributed by atoms with van der Waals surface area (Å²) in [5.74, 6) is -2.88. The zero-order valence-corrected chi connectivity index (χ0v) is 11.5. The number of carboxylic acid groups (broad SMARTS) is 1. The van der Waals surface area contributed by atoms with Crippen LogP contribution < -0.4 is 4.74 Å². The maximum atomic E-state index is 13.9. The molecule has 0 aliphatic rings. The Balaban J connectivity index is 3.07. The van der Waals surface area contributed by atoms with Gasteiger partial charge in [-0.2, -0.15) is 0 Å². The average Bonchev–Trinajstić information content (AvgIpc) is 2.31. The number of benzene rings is 1. The third-order valence-corrected chi connectivity index (χ3v) is 3.20. The van der Waals surface area contributed by atoms with Crippen LogP contribution in [0.1, 0.15) is 23.7 Å². The second-order valence-electron chi connectivity index (χ2n) is 3.81. The molecule has 0 saturated carbocycles. The van der Waals surface area contributed by atoms with Gasteiger partial charge in [-0.05, 0) is 28.1 Å². The summed E-state index contributed by atoms with van der Waals surface area (Å²) in [5.41, 5.74) is -0.142. The van der Waals surface area contributed by atoms with Gasteiger partial charge in [0.1, 0.15) is 5.75 Å². The summed E-state index contributed by atoms with van der Waals surface area (Å²) in [4.78, 5) is 22.4. The summed E-state index contributed by atoms with van der Waals surface area (Å²) in [5, 5.41) is 8.61. The van der Waals surface area contributed by atoms with Crippen LogP contribution in [0.2, 0.25) is 0 Å². The van der Waals surface area contributed by atoms with Crippen molar-refractivity contribution in [3.63, 3.8) is 0 Å². The number of hydrogen-bond donors (Lipinski definition) is 1. The molecule has 0 spiro atoms. The molecule has 0 bridgehead atoms. The maximum Gasteiger partial charge on any atom is 0.304 e. The Morgan fingerprint density at radius 3 is 2.61 bits per heavy atom. The first-order valence-corrected chi connectivity index (χ1v) is 5.95. The predicted octanol–water partition coefficient (Wildman–Crippen LogP) is 2.89. The van der Waals surface area contributed by atoms with E-state index in [9.17, 15) is 14.0 Å². The van der Waals surface area contributed by atoms with Crippen LogP contribution in [0.15, 0.2) is 16.6 Å². The zero-order valence-electron chi connectivity index (χ0n) is 9.87. The van der Waals surface area contributed by atoms with Crippen molar-refractivity contribution in [2.24, 2.45) is 5.92 Å². The van der Waals surface area contributed by atoms with Crippen LogP contribution in [0.25, 0.3) is 0 Å². The van der Waals surface area contributed by atoms with Crippen LogP contribution in [0.3, 0.4) is 0 Å². The van der Waals surface area contributed by atoms with Crippen molar-refractivity contribution in [2.75, 3.05) is 7.11 Å². The van der Waals surface area contributed by atoms with E-state index >= 15 is 0 Å². The van der Waals surface area contributed by atoms with Crippen LogP contribution in [-0.4, -0.2) is 24.0 Å². The fourth-order valence-electron chi connectivity index (χ4n) is 1.50. The van der Waals surface area contributed by atoms with Gasteiger partial charge in [-0.3, -0.25) is 9.59 Å². The van der Waals surface area contributed by atoms with Gasteiger partial charge in [0.05, 0.1) is 23.6 Å². The molecule has 1 N–H and O–H groups in total. The number of aliphatic carboxylic acids is 1. The van der Waals surface area contributed by atoms with Gasteiger partial charge in [0.2, 0.25) is 0 Å². The summed E-state index contributed by atoms with van der Waals surface area (Å²) in [7, 11) is 1.38. The third kappa shape index (κ3) is 3.07. The van der Waals surface area contributed by atoms with Crippen molar-refractivity contribution >= 4 is 27.7 Å². The molecule has 18 heavy (non-hydrogen) atoms. The predicted molar refractivity (Wildman–Crippen MR) is 66.4 cm³/mol. The van der Waals surface area contributed by atoms with Crippen molar-refractivity contribution < 1.29 is 23.8 Å². The number of carbonyl (C=O) groups excluding carboxylic acids is 1. The highest BCUT2D eigenvalue weighted by Gasteiger charge is 2.23. The number of hydrogen-bond acceptors (Lipinski definition) is 3. The van der Waals surface area contributed by atoms with Crippen molar-refractivity contribution in [1.82, 2.24) is 0 Å². The first-order chi connectivity index (χ1) is 8.38. The van der Waals surface area contributed by atoms with Gasteiger partial charge >= 0.3 is 5.97 Å². The van der Waals surface area contributed by atoms with Crippen LogP contribution in [0.5, 0.6) is 5.75 Å². The SMILES string of the molecule is COc1ccc(C(=O)C(C)CC(=O)O)c(F)c1Br. The van der Waals surface area contributed by atoms with Crippen molar-refractivity contribution in [1.29, 1.82) is 0 Å². The monoisotopic (exact) mass is 318 g/mol. The number of ether oxygens (including phenoxy) is 1. The highest BCUT2D eigenvalue weighted by molar-refractivity contribution is 9.10. The normalized spacial score (nSPS) is 12.0. The summed E-state index contributed by atoms with van der Waals surface area (Å²) < 4.78 is 18.8. The molecule has 0 fully saturated rings. The van der Waals surface area contributed by atoms with Gasteiger partial charge in [-0.1, -0.05) is 6.92 Å². The number of ketones is 1. The van der Waals surface area contributed by atoms with E-state index in [1.54, 1.807) is 0 Å². The lowest BCUT2D eigenvalue weighted by atomic mass is 9.96. The van der Waals surface area contributed by atoms with Crippen LogP contribution in [-0.2, 0) is 4.79 Å². The Labute approximate surface area is 112 Å². The Bertz CT molecular complexity index is 487. The minimum Gasteiger partial charge on any atom is -0.495 e. The molecule has 98 valence electrons. The average molecular weight is 319 g/mol. The first-order valence-electron chi connectivity index (χ1n) is 5.16. The molecule has 0 radical (unpaired) electrons. The van der Waals surface area contributed by atoms with E-state index in [1.807, 2.05) is 0 Å². The van der Waals surface area contributed by atoms with Gasteiger partial charge in [-0.15, -0.1) is 0 Å². The standard InChI is InChI=1S/C12H12BrFO4/c1-6(5-9(15)16)12(17)7-3-4-8(18-2)10(13)11(7)14/h3-4,6H,5H2,1-2H3,(H,15,16). The quantitative estimate of drug-likeness (QED) is 0.848. The number of Topliss-reactive ketones (excluding diaryl/α,β-unsaturated/α-hetero) is 1. The van der Waals surface area contributed by atoms with E-state index in [0.717, 1.165) is 0 Å². The van der Waals surface area contributed by atoms with Gasteiger partial charge in [-0.25, -0.2) is 4.39 Å². The smallest absolute Gasteiger partial charge is 0.304 e. The second kappa shape index (κ2) is 5.95. The molecule has 0 amide bonds. The van der Waals surface area contributed by atoms with E-state index in [1.165, 1.54) is 26.2 Å². The van der Waals surface area contributed by atoms with E-state index < -0.39 is 23.5 Å². The molecule has 1 aromatic carbocycles. The molecule has 0 aliphatic heterocycles. The number of methoxy groups -OCH3 is 1. The molecule has 1 rings (SSSR count). The molecular weight excluding hydrogens is 307 g/mol. The van der Waals surface area contributed by atoms with Crippen molar-refractivity contribution in [3.05, 3.63) is 28.0 Å². The second-order valence-corrected chi connectivity index (χ2v) is 4.60. The largest absolute Gasteiger partial charge is 0.495 e. The highest BCUT2D eigenvalue weighted by Crippen LogP contribution is 2.31. The van der Waals surface area contributed by atoms with Crippen molar-refractivity contribution in [2.45, 2.75) is 13.3 Å². The zero-order chi connectivity index (χ0) is 13.9. The van der Waals surface area contributed by atoms with E-state index in [4.69, 9.17) is 9.84 Å². The number of rotatable bonds is 5. The lowest BCUT2D eigenvalue weighted by molar-refractivity contribution is -0.137.